The zero-order valence-electron chi connectivity index (χ0n) is 17.2. The molecule has 1 fully saturated rings. The molecule has 1 saturated carbocycles. The smallest absolute Gasteiger partial charge is 0.255 e. The molecule has 2 aromatic carbocycles. The van der Waals surface area contributed by atoms with Crippen LogP contribution < -0.4 is 16.0 Å². The molecule has 8 heteroatoms. The van der Waals surface area contributed by atoms with E-state index in [0.717, 1.165) is 12.8 Å². The average Bonchev–Trinajstić information content (AvgIpc) is 3.57. The molecule has 4 amide bonds. The van der Waals surface area contributed by atoms with Crippen molar-refractivity contribution in [2.45, 2.75) is 38.3 Å². The summed E-state index contributed by atoms with van der Waals surface area (Å²) in [5.74, 6) is -0.961. The molecule has 31 heavy (non-hydrogen) atoms. The van der Waals surface area contributed by atoms with Gasteiger partial charge in [0.05, 0.1) is 6.54 Å². The fourth-order valence-corrected chi connectivity index (χ4v) is 3.69. The Balaban J connectivity index is 1.35. The Morgan fingerprint density at radius 3 is 2.16 bits per heavy atom. The van der Waals surface area contributed by atoms with Crippen molar-refractivity contribution >= 4 is 35.0 Å². The molecule has 3 N–H and O–H groups in total. The van der Waals surface area contributed by atoms with Crippen LogP contribution in [0.1, 0.15) is 48.1 Å². The van der Waals surface area contributed by atoms with Gasteiger partial charge in [-0.25, -0.2) is 0 Å². The number of carbonyl (C=O) groups is 4. The Morgan fingerprint density at radius 1 is 0.935 bits per heavy atom. The van der Waals surface area contributed by atoms with E-state index in [1.165, 1.54) is 0 Å². The van der Waals surface area contributed by atoms with E-state index in [0.29, 0.717) is 28.9 Å². The first-order valence-corrected chi connectivity index (χ1v) is 10.4. The molecule has 2 aromatic rings. The van der Waals surface area contributed by atoms with Crippen molar-refractivity contribution in [3.8, 4) is 0 Å². The van der Waals surface area contributed by atoms with Gasteiger partial charge in [0.1, 0.15) is 6.04 Å². The first kappa shape index (κ1) is 20.6. The van der Waals surface area contributed by atoms with Gasteiger partial charge in [-0.1, -0.05) is 25.1 Å². The van der Waals surface area contributed by atoms with Gasteiger partial charge >= 0.3 is 0 Å². The van der Waals surface area contributed by atoms with Gasteiger partial charge in [-0.15, -0.1) is 0 Å². The van der Waals surface area contributed by atoms with Gasteiger partial charge in [0.2, 0.25) is 17.7 Å². The molecule has 0 saturated heterocycles. The maximum atomic E-state index is 12.9. The highest BCUT2D eigenvalue weighted by atomic mass is 16.2. The highest BCUT2D eigenvalue weighted by Gasteiger charge is 2.47. The first-order valence-electron chi connectivity index (χ1n) is 10.4. The van der Waals surface area contributed by atoms with E-state index < -0.39 is 6.04 Å². The molecule has 1 atom stereocenters. The van der Waals surface area contributed by atoms with Gasteiger partial charge in [-0.3, -0.25) is 19.2 Å². The average molecular weight is 420 g/mol. The second-order valence-electron chi connectivity index (χ2n) is 7.68. The van der Waals surface area contributed by atoms with Gasteiger partial charge in [0.25, 0.3) is 5.91 Å². The van der Waals surface area contributed by atoms with E-state index in [1.807, 2.05) is 6.07 Å². The lowest BCUT2D eigenvalue weighted by Gasteiger charge is -2.24. The fraction of sp³-hybridized carbons (Fsp3) is 0.304. The van der Waals surface area contributed by atoms with Crippen LogP contribution in [0, 0.1) is 0 Å². The van der Waals surface area contributed by atoms with E-state index >= 15 is 0 Å². The quantitative estimate of drug-likeness (QED) is 0.639. The van der Waals surface area contributed by atoms with Crippen LogP contribution in [-0.4, -0.2) is 41.1 Å². The number of benzene rings is 2. The van der Waals surface area contributed by atoms with Gasteiger partial charge in [-0.2, -0.15) is 0 Å². The number of hydrogen-bond donors (Lipinski definition) is 3. The van der Waals surface area contributed by atoms with Crippen LogP contribution in [0.5, 0.6) is 0 Å². The van der Waals surface area contributed by atoms with E-state index in [4.69, 9.17) is 0 Å². The van der Waals surface area contributed by atoms with Crippen LogP contribution in [0.15, 0.2) is 48.5 Å². The van der Waals surface area contributed by atoms with Gasteiger partial charge in [0, 0.05) is 29.4 Å². The predicted molar refractivity (Wildman–Crippen MR) is 115 cm³/mol. The Kier molecular flexibility index (Phi) is 5.70. The highest BCUT2D eigenvalue weighted by Crippen LogP contribution is 2.41. The zero-order chi connectivity index (χ0) is 22.0. The molecule has 1 unspecified atom stereocenters. The fourth-order valence-electron chi connectivity index (χ4n) is 3.69. The number of amides is 4. The Morgan fingerprint density at radius 2 is 1.55 bits per heavy atom. The largest absolute Gasteiger partial charge is 0.345 e. The molecule has 8 nitrogen and oxygen atoms in total. The van der Waals surface area contributed by atoms with E-state index in [9.17, 15) is 19.2 Å². The minimum atomic E-state index is -0.703. The van der Waals surface area contributed by atoms with Crippen LogP contribution in [0.25, 0.3) is 0 Å². The third kappa shape index (κ3) is 4.42. The molecule has 4 rings (SSSR count). The molecule has 0 bridgehead atoms. The van der Waals surface area contributed by atoms with Crippen LogP contribution >= 0.6 is 0 Å². The standard InChI is InChI=1S/C23H24N4O4/c1-2-19(28)25-14-7-9-15(10-8-14)26-20(29)13-24-22(30)21-17-5-3-4-6-18(17)23(31)27(21)16-11-12-16/h3-10,16,21H,2,11-13H2,1H3,(H,24,30)(H,25,28)(H,26,29). The van der Waals surface area contributed by atoms with Crippen molar-refractivity contribution in [2.24, 2.45) is 0 Å². The molecule has 0 radical (unpaired) electrons. The van der Waals surface area contributed by atoms with Gasteiger partial charge < -0.3 is 20.9 Å². The van der Waals surface area contributed by atoms with Crippen molar-refractivity contribution in [3.63, 3.8) is 0 Å². The lowest BCUT2D eigenvalue weighted by molar-refractivity contribution is -0.127. The van der Waals surface area contributed by atoms with E-state index in [1.54, 1.807) is 54.3 Å². The Labute approximate surface area is 180 Å². The summed E-state index contributed by atoms with van der Waals surface area (Å²) in [6.07, 6.45) is 2.16. The maximum Gasteiger partial charge on any atom is 0.255 e. The monoisotopic (exact) mass is 420 g/mol. The molecule has 0 aromatic heterocycles. The van der Waals surface area contributed by atoms with Gasteiger partial charge in [-0.05, 0) is 48.7 Å². The van der Waals surface area contributed by atoms with Crippen LogP contribution in [-0.2, 0) is 14.4 Å². The Hall–Kier alpha value is -3.68. The maximum absolute atomic E-state index is 12.9. The second kappa shape index (κ2) is 8.59. The molecular weight excluding hydrogens is 396 g/mol. The third-order valence-electron chi connectivity index (χ3n) is 5.38. The summed E-state index contributed by atoms with van der Waals surface area (Å²) in [5, 5.41) is 8.10. The lowest BCUT2D eigenvalue weighted by atomic mass is 10.0. The highest BCUT2D eigenvalue weighted by molar-refractivity contribution is 6.05. The second-order valence-corrected chi connectivity index (χ2v) is 7.68. The molecular formula is C23H24N4O4. The molecule has 1 aliphatic heterocycles. The number of anilines is 2. The van der Waals surface area contributed by atoms with E-state index in [2.05, 4.69) is 16.0 Å². The summed E-state index contributed by atoms with van der Waals surface area (Å²) in [6, 6.07) is 13.2. The summed E-state index contributed by atoms with van der Waals surface area (Å²) < 4.78 is 0. The lowest BCUT2D eigenvalue weighted by Crippen LogP contribution is -2.42. The van der Waals surface area contributed by atoms with Crippen molar-refractivity contribution in [3.05, 3.63) is 59.7 Å². The van der Waals surface area contributed by atoms with Gasteiger partial charge in [0.15, 0.2) is 0 Å². The molecule has 0 spiro atoms. The van der Waals surface area contributed by atoms with Crippen molar-refractivity contribution in [2.75, 3.05) is 17.2 Å². The summed E-state index contributed by atoms with van der Waals surface area (Å²) in [7, 11) is 0. The molecule has 2 aliphatic rings. The summed E-state index contributed by atoms with van der Waals surface area (Å²) in [5.41, 5.74) is 2.42. The van der Waals surface area contributed by atoms with Crippen molar-refractivity contribution < 1.29 is 19.2 Å². The zero-order valence-corrected chi connectivity index (χ0v) is 17.2. The predicted octanol–water partition coefficient (Wildman–Crippen LogP) is 2.45. The number of nitrogens with one attached hydrogen (secondary N) is 3. The Bertz CT molecular complexity index is 1030. The normalized spacial score (nSPS) is 17.1. The van der Waals surface area contributed by atoms with E-state index in [-0.39, 0.29) is 36.2 Å². The number of fused-ring (bicyclic) bond motifs is 1. The topological polar surface area (TPSA) is 108 Å². The van der Waals surface area contributed by atoms with Crippen LogP contribution in [0.3, 0.4) is 0 Å². The van der Waals surface area contributed by atoms with Crippen molar-refractivity contribution in [1.82, 2.24) is 10.2 Å². The molecule has 1 aliphatic carbocycles. The number of nitrogens with zero attached hydrogens (tertiary/aromatic N) is 1. The summed E-state index contributed by atoms with van der Waals surface area (Å²) >= 11 is 0. The SMILES string of the molecule is CCC(=O)Nc1ccc(NC(=O)CNC(=O)C2c3ccccc3C(=O)N2C2CC2)cc1. The molecule has 160 valence electrons. The number of carbonyl (C=O) groups excluding carboxylic acids is 4. The number of hydrogen-bond acceptors (Lipinski definition) is 4. The minimum Gasteiger partial charge on any atom is -0.345 e. The summed E-state index contributed by atoms with van der Waals surface area (Å²) in [4.78, 5) is 51.0. The van der Waals surface area contributed by atoms with Crippen LogP contribution in [0.4, 0.5) is 11.4 Å². The van der Waals surface area contributed by atoms with Crippen molar-refractivity contribution in [1.29, 1.82) is 0 Å². The first-order chi connectivity index (χ1) is 15.0. The third-order valence-corrected chi connectivity index (χ3v) is 5.38. The number of rotatable bonds is 7. The van der Waals surface area contributed by atoms with Crippen LogP contribution in [0.2, 0.25) is 0 Å². The minimum absolute atomic E-state index is 0.0798. The summed E-state index contributed by atoms with van der Waals surface area (Å²) in [6.45, 7) is 1.56. The molecule has 1 heterocycles.